The zero-order chi connectivity index (χ0) is 36.7. The van der Waals surface area contributed by atoms with Crippen LogP contribution in [0.5, 0.6) is 0 Å². The highest BCUT2D eigenvalue weighted by Crippen LogP contribution is 2.41. The number of aromatic nitrogens is 1. The second kappa shape index (κ2) is 13.6. The molecular weight excluding hydrogens is 667 g/mol. The van der Waals surface area contributed by atoms with Crippen molar-refractivity contribution in [3.63, 3.8) is 0 Å². The van der Waals surface area contributed by atoms with Gasteiger partial charge in [-0.05, 0) is 97.0 Å². The first-order valence-corrected chi connectivity index (χ1v) is 18.8. The van der Waals surface area contributed by atoms with Gasteiger partial charge in [0.2, 0.25) is 0 Å². The smallest absolute Gasteiger partial charge is 0.0677 e. The van der Waals surface area contributed by atoms with E-state index >= 15 is 0 Å². The lowest BCUT2D eigenvalue weighted by molar-refractivity contribution is 1.07. The van der Waals surface area contributed by atoms with Crippen LogP contribution in [0.3, 0.4) is 0 Å². The van der Waals surface area contributed by atoms with Crippen molar-refractivity contribution in [2.75, 3.05) is 0 Å². The summed E-state index contributed by atoms with van der Waals surface area (Å²) in [7, 11) is 0. The first-order chi connectivity index (χ1) is 27.2. The number of allylic oxidation sites excluding steroid dienone is 1. The third-order valence-electron chi connectivity index (χ3n) is 10.8. The minimum atomic E-state index is 0.540. The molecule has 10 rings (SSSR count). The molecular formula is C52H37N3. The zero-order valence-electron chi connectivity index (χ0n) is 30.2. The van der Waals surface area contributed by atoms with E-state index in [0.717, 1.165) is 28.1 Å². The van der Waals surface area contributed by atoms with Gasteiger partial charge in [0.1, 0.15) is 0 Å². The number of hydrogen-bond acceptors (Lipinski definition) is 2. The molecule has 0 aliphatic carbocycles. The predicted octanol–water partition coefficient (Wildman–Crippen LogP) is 12.9. The number of nitrogens with zero attached hydrogens (tertiary/aromatic N) is 2. The van der Waals surface area contributed by atoms with Gasteiger partial charge in [-0.2, -0.15) is 0 Å². The van der Waals surface area contributed by atoms with Gasteiger partial charge in [-0.15, -0.1) is 0 Å². The van der Waals surface area contributed by atoms with E-state index in [1.54, 1.807) is 0 Å². The van der Waals surface area contributed by atoms with Crippen molar-refractivity contribution in [1.82, 2.24) is 4.57 Å². The van der Waals surface area contributed by atoms with E-state index in [1.807, 2.05) is 42.5 Å². The van der Waals surface area contributed by atoms with Crippen molar-refractivity contribution in [1.29, 1.82) is 0 Å². The van der Waals surface area contributed by atoms with Gasteiger partial charge in [0.05, 0.1) is 23.3 Å². The van der Waals surface area contributed by atoms with Gasteiger partial charge in [-0.1, -0.05) is 158 Å². The van der Waals surface area contributed by atoms with E-state index in [2.05, 4.69) is 162 Å². The molecule has 0 amide bonds. The molecule has 0 radical (unpaired) electrons. The molecule has 2 N–H and O–H groups in total. The molecule has 0 saturated carbocycles. The fraction of sp³-hybridized carbons (Fsp3) is 0.0192. The first kappa shape index (κ1) is 32.4. The van der Waals surface area contributed by atoms with Gasteiger partial charge in [-0.25, -0.2) is 0 Å². The van der Waals surface area contributed by atoms with Crippen molar-refractivity contribution in [2.24, 2.45) is 10.7 Å². The minimum Gasteiger partial charge on any atom is -0.398 e. The summed E-state index contributed by atoms with van der Waals surface area (Å²) in [5, 5.41) is 9.69. The third-order valence-corrected chi connectivity index (χ3v) is 10.8. The van der Waals surface area contributed by atoms with Gasteiger partial charge >= 0.3 is 0 Å². The Morgan fingerprint density at radius 2 is 1.04 bits per heavy atom. The van der Waals surface area contributed by atoms with Crippen LogP contribution in [0.15, 0.2) is 205 Å². The molecule has 9 aromatic carbocycles. The molecule has 10 aromatic rings. The topological polar surface area (TPSA) is 43.3 Å². The van der Waals surface area contributed by atoms with E-state index in [0.29, 0.717) is 12.2 Å². The lowest BCUT2D eigenvalue weighted by Crippen LogP contribution is -2.05. The number of rotatable bonds is 7. The van der Waals surface area contributed by atoms with E-state index in [4.69, 9.17) is 10.7 Å². The van der Waals surface area contributed by atoms with Crippen molar-refractivity contribution in [2.45, 2.75) is 6.54 Å². The largest absolute Gasteiger partial charge is 0.398 e. The lowest BCUT2D eigenvalue weighted by Gasteiger charge is -2.16. The fourth-order valence-electron chi connectivity index (χ4n) is 8.24. The Balaban J connectivity index is 1.22. The zero-order valence-corrected chi connectivity index (χ0v) is 30.2. The van der Waals surface area contributed by atoms with Crippen LogP contribution in [0.4, 0.5) is 0 Å². The maximum absolute atomic E-state index is 6.85. The lowest BCUT2D eigenvalue weighted by atomic mass is 9.88. The Morgan fingerprint density at radius 3 is 1.80 bits per heavy atom. The van der Waals surface area contributed by atoms with Crippen molar-refractivity contribution in [3.8, 4) is 16.8 Å². The van der Waals surface area contributed by atoms with Crippen LogP contribution < -0.4 is 5.73 Å². The summed E-state index contributed by atoms with van der Waals surface area (Å²) >= 11 is 0. The van der Waals surface area contributed by atoms with Gasteiger partial charge in [0.15, 0.2) is 0 Å². The van der Waals surface area contributed by atoms with E-state index in [9.17, 15) is 0 Å². The van der Waals surface area contributed by atoms with E-state index in [1.165, 1.54) is 65.3 Å². The highest BCUT2D eigenvalue weighted by Gasteiger charge is 2.17. The van der Waals surface area contributed by atoms with Gasteiger partial charge in [-0.3, -0.25) is 4.99 Å². The molecule has 1 aromatic heterocycles. The quantitative estimate of drug-likeness (QED) is 0.130. The van der Waals surface area contributed by atoms with Crippen molar-refractivity contribution < 1.29 is 0 Å². The molecule has 260 valence electrons. The fourth-order valence-corrected chi connectivity index (χ4v) is 8.24. The summed E-state index contributed by atoms with van der Waals surface area (Å²) in [6.45, 7) is 0.540. The standard InChI is InChI=1S/C52H37N3/c53-48(36-17-6-2-7-18-36)33-49(54-34-35-15-4-1-5-16-35)45-25-14-24-44-41-22-11-10-21-40(41)42-29-27-37(32-47(42)52(44)45)38-28-30-51-46(31-38)43-23-12-13-26-50(43)55(51)39-19-8-3-9-20-39/h1-33H,34,53H2/b48-33-,54-49?. The Hall–Kier alpha value is -7.23. The molecule has 0 aliphatic rings. The molecule has 0 saturated heterocycles. The number of hydrogen-bond donors (Lipinski definition) is 1. The Morgan fingerprint density at radius 1 is 0.473 bits per heavy atom. The summed E-state index contributed by atoms with van der Waals surface area (Å²) in [4.78, 5) is 5.30. The summed E-state index contributed by atoms with van der Waals surface area (Å²) in [5.74, 6) is 0. The van der Waals surface area contributed by atoms with Gasteiger partial charge in [0.25, 0.3) is 0 Å². The van der Waals surface area contributed by atoms with Crippen LogP contribution in [0, 0.1) is 0 Å². The van der Waals surface area contributed by atoms with Crippen LogP contribution in [-0.4, -0.2) is 10.3 Å². The summed E-state index contributed by atoms with van der Waals surface area (Å²) in [6.07, 6.45) is 2.05. The highest BCUT2D eigenvalue weighted by atomic mass is 15.0. The van der Waals surface area contributed by atoms with Crippen LogP contribution in [0.25, 0.3) is 76.6 Å². The summed E-state index contributed by atoms with van der Waals surface area (Å²) in [5.41, 5.74) is 17.5. The molecule has 1 heterocycles. The molecule has 0 unspecified atom stereocenters. The van der Waals surface area contributed by atoms with Crippen LogP contribution >= 0.6 is 0 Å². The molecule has 3 nitrogen and oxygen atoms in total. The van der Waals surface area contributed by atoms with Crippen LogP contribution in [0.2, 0.25) is 0 Å². The summed E-state index contributed by atoms with van der Waals surface area (Å²) < 4.78 is 2.37. The molecule has 3 heteroatoms. The number of benzene rings is 9. The Kier molecular flexibility index (Phi) is 8.04. The number of aliphatic imine (C=N–C) groups is 1. The number of nitrogens with two attached hydrogens (primary N) is 1. The van der Waals surface area contributed by atoms with Crippen LogP contribution in [-0.2, 0) is 6.54 Å². The molecule has 0 atom stereocenters. The van der Waals surface area contributed by atoms with Crippen molar-refractivity contribution in [3.05, 3.63) is 217 Å². The van der Waals surface area contributed by atoms with Gasteiger partial charge in [0, 0.05) is 27.7 Å². The third kappa shape index (κ3) is 5.74. The Bertz CT molecular complexity index is 3100. The van der Waals surface area contributed by atoms with Gasteiger partial charge < -0.3 is 10.3 Å². The predicted molar refractivity (Wildman–Crippen MR) is 234 cm³/mol. The second-order valence-electron chi connectivity index (χ2n) is 14.1. The minimum absolute atomic E-state index is 0.540. The molecule has 0 spiro atoms. The average Bonchev–Trinajstić information content (AvgIpc) is 3.59. The van der Waals surface area contributed by atoms with Crippen molar-refractivity contribution >= 4 is 65.5 Å². The number of para-hydroxylation sites is 2. The maximum Gasteiger partial charge on any atom is 0.0677 e. The summed E-state index contributed by atoms with van der Waals surface area (Å²) in [6, 6.07) is 69.1. The molecule has 0 fully saturated rings. The SMILES string of the molecule is N/C(=C\C(=NCc1ccccc1)c1cccc2c3ccccc3c3ccc(-c4ccc5c(c4)c4ccccc4n5-c4ccccc4)cc3c12)c1ccccc1. The normalized spacial score (nSPS) is 12.4. The highest BCUT2D eigenvalue weighted by molar-refractivity contribution is 6.32. The Labute approximate surface area is 319 Å². The van der Waals surface area contributed by atoms with Crippen LogP contribution in [0.1, 0.15) is 16.7 Å². The number of fused-ring (bicyclic) bond motifs is 9. The average molecular weight is 704 g/mol. The molecule has 0 bridgehead atoms. The molecule has 55 heavy (non-hydrogen) atoms. The monoisotopic (exact) mass is 703 g/mol. The maximum atomic E-state index is 6.85. The second-order valence-corrected chi connectivity index (χ2v) is 14.1. The first-order valence-electron chi connectivity index (χ1n) is 18.8. The molecule has 0 aliphatic heterocycles. The van der Waals surface area contributed by atoms with E-state index in [-0.39, 0.29) is 0 Å². The van der Waals surface area contributed by atoms with E-state index < -0.39 is 0 Å².